The summed E-state index contributed by atoms with van der Waals surface area (Å²) < 4.78 is 4.05. The standard InChI is InChI=1S/C22H16Br2N2O2S/c1-13-18(20(24)14(2)25(13)17-10-8-15(23)9-11-17)12-19-21(27)26(22(28)29-19)16-6-4-3-5-7-16/h3-12H,1-2H3/b19-12+. The van der Waals surface area contributed by atoms with Crippen molar-refractivity contribution in [3.05, 3.63) is 85.4 Å². The zero-order valence-electron chi connectivity index (χ0n) is 15.6. The van der Waals surface area contributed by atoms with E-state index in [1.165, 1.54) is 4.90 Å². The highest BCUT2D eigenvalue weighted by Gasteiger charge is 2.36. The van der Waals surface area contributed by atoms with E-state index in [4.69, 9.17) is 0 Å². The second-order valence-corrected chi connectivity index (χ2v) is 9.26. The van der Waals surface area contributed by atoms with Gasteiger partial charge in [-0.3, -0.25) is 9.59 Å². The average Bonchev–Trinajstić information content (AvgIpc) is 3.11. The lowest BCUT2D eigenvalue weighted by molar-refractivity contribution is -0.113. The van der Waals surface area contributed by atoms with Crippen molar-refractivity contribution in [3.8, 4) is 5.69 Å². The van der Waals surface area contributed by atoms with Crippen LogP contribution in [0.5, 0.6) is 0 Å². The molecule has 2 aromatic carbocycles. The Labute approximate surface area is 189 Å². The van der Waals surface area contributed by atoms with Crippen molar-refractivity contribution in [2.24, 2.45) is 0 Å². The molecule has 29 heavy (non-hydrogen) atoms. The van der Waals surface area contributed by atoms with Crippen molar-refractivity contribution in [1.82, 2.24) is 4.57 Å². The molecule has 0 unspecified atom stereocenters. The van der Waals surface area contributed by atoms with Gasteiger partial charge in [-0.2, -0.15) is 0 Å². The number of para-hydroxylation sites is 1. The van der Waals surface area contributed by atoms with Gasteiger partial charge in [-0.05, 0) is 84.0 Å². The fourth-order valence-electron chi connectivity index (χ4n) is 3.37. The molecule has 2 heterocycles. The minimum absolute atomic E-state index is 0.287. The first-order valence-electron chi connectivity index (χ1n) is 8.85. The van der Waals surface area contributed by atoms with E-state index in [0.29, 0.717) is 10.6 Å². The van der Waals surface area contributed by atoms with Crippen LogP contribution in [0.25, 0.3) is 11.8 Å². The van der Waals surface area contributed by atoms with Gasteiger partial charge in [-0.15, -0.1) is 0 Å². The van der Waals surface area contributed by atoms with Crippen LogP contribution in [0.3, 0.4) is 0 Å². The molecule has 0 bridgehead atoms. The van der Waals surface area contributed by atoms with E-state index in [1.807, 2.05) is 56.3 Å². The molecule has 4 rings (SSSR count). The van der Waals surface area contributed by atoms with Gasteiger partial charge < -0.3 is 4.57 Å². The number of hydrogen-bond acceptors (Lipinski definition) is 3. The normalized spacial score (nSPS) is 15.6. The second-order valence-electron chi connectivity index (χ2n) is 6.56. The number of amides is 2. The van der Waals surface area contributed by atoms with Gasteiger partial charge in [0.1, 0.15) is 0 Å². The molecule has 0 N–H and O–H groups in total. The molecule has 7 heteroatoms. The highest BCUT2D eigenvalue weighted by molar-refractivity contribution is 9.10. The fourth-order valence-corrected chi connectivity index (χ4v) is 5.03. The quantitative estimate of drug-likeness (QED) is 0.347. The van der Waals surface area contributed by atoms with Crippen LogP contribution in [-0.2, 0) is 4.79 Å². The Morgan fingerprint density at radius 1 is 0.862 bits per heavy atom. The number of halogens is 2. The minimum Gasteiger partial charge on any atom is -0.317 e. The average molecular weight is 532 g/mol. The van der Waals surface area contributed by atoms with Gasteiger partial charge in [-0.25, -0.2) is 4.90 Å². The first-order valence-corrected chi connectivity index (χ1v) is 11.2. The van der Waals surface area contributed by atoms with E-state index in [1.54, 1.807) is 18.2 Å². The van der Waals surface area contributed by atoms with Crippen molar-refractivity contribution in [2.75, 3.05) is 4.90 Å². The number of hydrogen-bond donors (Lipinski definition) is 0. The van der Waals surface area contributed by atoms with Gasteiger partial charge in [0.2, 0.25) is 0 Å². The SMILES string of the molecule is Cc1c(Br)c(/C=C2/SC(=O)N(c3ccccc3)C2=O)c(C)n1-c1ccc(Br)cc1. The number of imide groups is 1. The number of nitrogens with zero attached hydrogens (tertiary/aromatic N) is 2. The topological polar surface area (TPSA) is 42.3 Å². The largest absolute Gasteiger partial charge is 0.317 e. The molecule has 4 nitrogen and oxygen atoms in total. The van der Waals surface area contributed by atoms with E-state index in [0.717, 1.165) is 43.3 Å². The molecule has 1 fully saturated rings. The predicted molar refractivity (Wildman–Crippen MR) is 126 cm³/mol. The van der Waals surface area contributed by atoms with Gasteiger partial charge >= 0.3 is 0 Å². The molecule has 1 aromatic heterocycles. The second kappa shape index (κ2) is 7.97. The third-order valence-corrected chi connectivity index (χ3v) is 7.18. The molecule has 0 spiro atoms. The molecule has 146 valence electrons. The summed E-state index contributed by atoms with van der Waals surface area (Å²) in [5.74, 6) is -0.299. The summed E-state index contributed by atoms with van der Waals surface area (Å²) in [5, 5.41) is -0.287. The summed E-state index contributed by atoms with van der Waals surface area (Å²) in [5.41, 5.74) is 4.52. The molecule has 2 amide bonds. The molecular weight excluding hydrogens is 516 g/mol. The van der Waals surface area contributed by atoms with Gasteiger partial charge in [0.05, 0.1) is 10.6 Å². The van der Waals surface area contributed by atoms with Crippen molar-refractivity contribution in [3.63, 3.8) is 0 Å². The van der Waals surface area contributed by atoms with E-state index in [2.05, 4.69) is 36.4 Å². The van der Waals surface area contributed by atoms with Gasteiger partial charge in [-0.1, -0.05) is 34.1 Å². The van der Waals surface area contributed by atoms with E-state index < -0.39 is 0 Å². The zero-order chi connectivity index (χ0) is 20.7. The molecule has 0 saturated carbocycles. The fraction of sp³-hybridized carbons (Fsp3) is 0.0909. The minimum atomic E-state index is -0.299. The number of rotatable bonds is 3. The first-order chi connectivity index (χ1) is 13.9. The van der Waals surface area contributed by atoms with Crippen LogP contribution < -0.4 is 4.90 Å². The smallest absolute Gasteiger partial charge is 0.298 e. The Hall–Kier alpha value is -2.09. The summed E-state index contributed by atoms with van der Waals surface area (Å²) in [4.78, 5) is 27.1. The molecule has 3 aromatic rings. The maximum Gasteiger partial charge on any atom is 0.298 e. The van der Waals surface area contributed by atoms with Crippen molar-refractivity contribution < 1.29 is 9.59 Å². The Bertz CT molecular complexity index is 1150. The molecule has 1 aliphatic rings. The van der Waals surface area contributed by atoms with Crippen LogP contribution in [-0.4, -0.2) is 15.7 Å². The van der Waals surface area contributed by atoms with Crippen LogP contribution in [0.15, 0.2) is 68.4 Å². The van der Waals surface area contributed by atoms with Crippen LogP contribution >= 0.6 is 43.6 Å². The summed E-state index contributed by atoms with van der Waals surface area (Å²) >= 11 is 8.10. The molecule has 0 atom stereocenters. The van der Waals surface area contributed by atoms with Crippen molar-refractivity contribution in [2.45, 2.75) is 13.8 Å². The monoisotopic (exact) mass is 530 g/mol. The highest BCUT2D eigenvalue weighted by atomic mass is 79.9. The number of thioether (sulfide) groups is 1. The number of carbonyl (C=O) groups is 2. The van der Waals surface area contributed by atoms with Crippen molar-refractivity contribution >= 4 is 66.5 Å². The predicted octanol–water partition coefficient (Wildman–Crippen LogP) is 6.86. The molecule has 1 saturated heterocycles. The summed E-state index contributed by atoms with van der Waals surface area (Å²) in [6.45, 7) is 4.03. The summed E-state index contributed by atoms with van der Waals surface area (Å²) in [7, 11) is 0. The van der Waals surface area contributed by atoms with Gasteiger partial charge in [0.25, 0.3) is 11.1 Å². The van der Waals surface area contributed by atoms with Crippen molar-refractivity contribution in [1.29, 1.82) is 0 Å². The highest BCUT2D eigenvalue weighted by Crippen LogP contribution is 2.39. The third kappa shape index (κ3) is 3.63. The lowest BCUT2D eigenvalue weighted by atomic mass is 10.2. The Kier molecular flexibility index (Phi) is 5.55. The molecule has 0 radical (unpaired) electrons. The number of anilines is 1. The van der Waals surface area contributed by atoms with Crippen LogP contribution in [0, 0.1) is 13.8 Å². The molecular formula is C22H16Br2N2O2S. The van der Waals surface area contributed by atoms with Crippen LogP contribution in [0.2, 0.25) is 0 Å². The Balaban J connectivity index is 1.76. The van der Waals surface area contributed by atoms with Crippen LogP contribution in [0.4, 0.5) is 10.5 Å². The zero-order valence-corrected chi connectivity index (χ0v) is 19.6. The van der Waals surface area contributed by atoms with Gasteiger partial charge in [0.15, 0.2) is 0 Å². The lowest BCUT2D eigenvalue weighted by Gasteiger charge is -2.11. The number of benzene rings is 2. The maximum absolute atomic E-state index is 12.9. The van der Waals surface area contributed by atoms with Gasteiger partial charge in [0, 0.05) is 31.6 Å². The number of carbonyl (C=O) groups excluding carboxylic acids is 2. The Morgan fingerprint density at radius 2 is 1.52 bits per heavy atom. The third-order valence-electron chi connectivity index (χ3n) is 4.78. The lowest BCUT2D eigenvalue weighted by Crippen LogP contribution is -2.27. The van der Waals surface area contributed by atoms with E-state index in [-0.39, 0.29) is 11.1 Å². The number of aromatic nitrogens is 1. The summed E-state index contributed by atoms with van der Waals surface area (Å²) in [6, 6.07) is 17.0. The van der Waals surface area contributed by atoms with Crippen LogP contribution in [0.1, 0.15) is 17.0 Å². The van der Waals surface area contributed by atoms with E-state index >= 15 is 0 Å². The molecule has 1 aliphatic heterocycles. The van der Waals surface area contributed by atoms with E-state index in [9.17, 15) is 9.59 Å². The maximum atomic E-state index is 12.9. The first kappa shape index (κ1) is 20.2. The summed E-state index contributed by atoms with van der Waals surface area (Å²) in [6.07, 6.45) is 1.80. The Morgan fingerprint density at radius 3 is 2.17 bits per heavy atom. The molecule has 0 aliphatic carbocycles.